The molecule has 3 aliphatic rings. The van der Waals surface area contributed by atoms with Crippen LogP contribution in [0.4, 0.5) is 0 Å². The molecule has 5 nitrogen and oxygen atoms in total. The molecule has 1 heterocycles. The molecule has 1 saturated heterocycles. The first kappa shape index (κ1) is 16.3. The van der Waals surface area contributed by atoms with Crippen molar-refractivity contribution in [3.05, 3.63) is 35.4 Å². The van der Waals surface area contributed by atoms with Gasteiger partial charge in [-0.3, -0.25) is 19.3 Å². The second-order valence-electron chi connectivity index (χ2n) is 7.43. The van der Waals surface area contributed by atoms with Crippen LogP contribution in [0.25, 0.3) is 0 Å². The van der Waals surface area contributed by atoms with Gasteiger partial charge in [0.15, 0.2) is 0 Å². The van der Waals surface area contributed by atoms with E-state index in [0.29, 0.717) is 0 Å². The molecule has 0 bridgehead atoms. The van der Waals surface area contributed by atoms with Gasteiger partial charge in [-0.05, 0) is 36.8 Å². The maximum Gasteiger partial charge on any atom is 0.233 e. The van der Waals surface area contributed by atoms with Gasteiger partial charge in [-0.2, -0.15) is 0 Å². The summed E-state index contributed by atoms with van der Waals surface area (Å²) >= 11 is 0. The lowest BCUT2D eigenvalue weighted by atomic mass is 9.81. The molecule has 5 heteroatoms. The molecule has 0 spiro atoms. The number of amides is 3. The molecule has 2 fully saturated rings. The van der Waals surface area contributed by atoms with Gasteiger partial charge in [0.25, 0.3) is 0 Å². The lowest BCUT2D eigenvalue weighted by Gasteiger charge is -2.19. The fraction of sp³-hybridized carbons (Fsp3) is 0.550. The molecule has 1 aliphatic heterocycles. The first-order valence-corrected chi connectivity index (χ1v) is 9.37. The Balaban J connectivity index is 1.33. The van der Waals surface area contributed by atoms with Crippen LogP contribution in [0.3, 0.4) is 0 Å². The topological polar surface area (TPSA) is 66.5 Å². The summed E-state index contributed by atoms with van der Waals surface area (Å²) < 4.78 is 0. The molecule has 3 atom stereocenters. The number of carbonyl (C=O) groups excluding carboxylic acids is 3. The monoisotopic (exact) mass is 340 g/mol. The predicted octanol–water partition coefficient (Wildman–Crippen LogP) is 2.36. The maximum atomic E-state index is 12.4. The second kappa shape index (κ2) is 6.62. The Morgan fingerprint density at radius 2 is 1.72 bits per heavy atom. The highest BCUT2D eigenvalue weighted by atomic mass is 16.2. The molecule has 2 aliphatic carbocycles. The average molecular weight is 340 g/mol. The number of benzene rings is 1. The van der Waals surface area contributed by atoms with Crippen LogP contribution >= 0.6 is 0 Å². The highest BCUT2D eigenvalue weighted by Crippen LogP contribution is 2.38. The quantitative estimate of drug-likeness (QED) is 0.856. The van der Waals surface area contributed by atoms with Gasteiger partial charge < -0.3 is 5.32 Å². The van der Waals surface area contributed by atoms with Crippen molar-refractivity contribution in [1.82, 2.24) is 10.2 Å². The van der Waals surface area contributed by atoms with Gasteiger partial charge >= 0.3 is 0 Å². The van der Waals surface area contributed by atoms with Gasteiger partial charge in [-0.25, -0.2) is 0 Å². The van der Waals surface area contributed by atoms with Crippen molar-refractivity contribution in [3.63, 3.8) is 0 Å². The molecule has 1 N–H and O–H groups in total. The Morgan fingerprint density at radius 1 is 1.04 bits per heavy atom. The minimum Gasteiger partial charge on any atom is -0.349 e. The number of carbonyl (C=O) groups is 3. The van der Waals surface area contributed by atoms with Crippen LogP contribution < -0.4 is 5.32 Å². The molecule has 1 aromatic carbocycles. The van der Waals surface area contributed by atoms with Crippen molar-refractivity contribution in [2.24, 2.45) is 11.8 Å². The van der Waals surface area contributed by atoms with Crippen molar-refractivity contribution >= 4 is 17.7 Å². The summed E-state index contributed by atoms with van der Waals surface area (Å²) in [4.78, 5) is 38.6. The van der Waals surface area contributed by atoms with Crippen LogP contribution in [-0.4, -0.2) is 29.2 Å². The minimum absolute atomic E-state index is 0.0521. The zero-order valence-electron chi connectivity index (χ0n) is 14.4. The Morgan fingerprint density at radius 3 is 2.44 bits per heavy atom. The van der Waals surface area contributed by atoms with Gasteiger partial charge in [0.05, 0.1) is 17.9 Å². The Kier molecular flexibility index (Phi) is 4.32. The van der Waals surface area contributed by atoms with Gasteiger partial charge in [0, 0.05) is 13.0 Å². The van der Waals surface area contributed by atoms with Gasteiger partial charge in [0.1, 0.15) is 0 Å². The lowest BCUT2D eigenvalue weighted by Crippen LogP contribution is -2.36. The van der Waals surface area contributed by atoms with E-state index < -0.39 is 0 Å². The molecule has 25 heavy (non-hydrogen) atoms. The molecule has 1 saturated carbocycles. The Bertz CT molecular complexity index is 691. The molecule has 4 rings (SSSR count). The molecule has 132 valence electrons. The number of likely N-dealkylation sites (tertiary alicyclic amines) is 1. The summed E-state index contributed by atoms with van der Waals surface area (Å²) in [5.74, 6) is -0.475. The molecule has 1 aromatic rings. The number of hydrogen-bond acceptors (Lipinski definition) is 3. The molecule has 0 radical (unpaired) electrons. The third-order valence-electron chi connectivity index (χ3n) is 5.96. The predicted molar refractivity (Wildman–Crippen MR) is 92.4 cm³/mol. The average Bonchev–Trinajstić information content (AvgIpc) is 3.14. The fourth-order valence-electron chi connectivity index (χ4n) is 4.64. The van der Waals surface area contributed by atoms with E-state index >= 15 is 0 Å². The summed E-state index contributed by atoms with van der Waals surface area (Å²) in [7, 11) is 0. The third-order valence-corrected chi connectivity index (χ3v) is 5.96. The number of fused-ring (bicyclic) bond motifs is 2. The summed E-state index contributed by atoms with van der Waals surface area (Å²) in [5, 5.41) is 3.06. The number of hydrogen-bond donors (Lipinski definition) is 1. The Hall–Kier alpha value is -2.17. The van der Waals surface area contributed by atoms with Crippen molar-refractivity contribution in [3.8, 4) is 0 Å². The van der Waals surface area contributed by atoms with Crippen molar-refractivity contribution in [2.75, 3.05) is 6.54 Å². The van der Waals surface area contributed by atoms with Gasteiger partial charge in [-0.15, -0.1) is 0 Å². The lowest BCUT2D eigenvalue weighted by molar-refractivity contribution is -0.140. The first-order chi connectivity index (χ1) is 12.1. The number of rotatable bonds is 4. The first-order valence-electron chi connectivity index (χ1n) is 9.37. The number of imide groups is 1. The van der Waals surface area contributed by atoms with Gasteiger partial charge in [0.2, 0.25) is 17.7 Å². The van der Waals surface area contributed by atoms with Crippen LogP contribution in [0.1, 0.15) is 55.7 Å². The summed E-state index contributed by atoms with van der Waals surface area (Å²) in [6, 6.07) is 8.23. The highest BCUT2D eigenvalue weighted by molar-refractivity contribution is 6.05. The van der Waals surface area contributed by atoms with E-state index in [1.807, 2.05) is 12.1 Å². The number of nitrogens with zero attached hydrogens (tertiary/aromatic N) is 1. The fourth-order valence-corrected chi connectivity index (χ4v) is 4.64. The third kappa shape index (κ3) is 2.96. The van der Waals surface area contributed by atoms with Crippen molar-refractivity contribution < 1.29 is 14.4 Å². The molecular weight excluding hydrogens is 316 g/mol. The second-order valence-corrected chi connectivity index (χ2v) is 7.43. The van der Waals surface area contributed by atoms with E-state index in [4.69, 9.17) is 0 Å². The molecule has 0 aromatic heterocycles. The van der Waals surface area contributed by atoms with Gasteiger partial charge in [-0.1, -0.05) is 37.1 Å². The van der Waals surface area contributed by atoms with Crippen LogP contribution in [0.5, 0.6) is 0 Å². The van der Waals surface area contributed by atoms with Crippen LogP contribution in [0.2, 0.25) is 0 Å². The van der Waals surface area contributed by atoms with Crippen LogP contribution in [0, 0.1) is 11.8 Å². The van der Waals surface area contributed by atoms with E-state index in [9.17, 15) is 14.4 Å². The van der Waals surface area contributed by atoms with E-state index in [-0.39, 0.29) is 48.6 Å². The Labute approximate surface area is 147 Å². The van der Waals surface area contributed by atoms with Crippen molar-refractivity contribution in [1.29, 1.82) is 0 Å². The van der Waals surface area contributed by atoms with Crippen molar-refractivity contribution in [2.45, 2.75) is 51.0 Å². The zero-order valence-corrected chi connectivity index (χ0v) is 14.4. The van der Waals surface area contributed by atoms with E-state index in [0.717, 1.165) is 38.5 Å². The van der Waals surface area contributed by atoms with E-state index in [2.05, 4.69) is 17.4 Å². The maximum absolute atomic E-state index is 12.4. The standard InChI is InChI=1S/C20H24N2O3/c23-18(21-17-10-9-13-5-1-2-6-14(13)17)11-12-22-19(24)15-7-3-4-8-16(15)20(22)25/h1-2,5-6,15-17H,3-4,7-12H2,(H,21,23). The van der Waals surface area contributed by atoms with E-state index in [1.54, 1.807) is 0 Å². The molecule has 3 unspecified atom stereocenters. The normalized spacial score (nSPS) is 28.0. The highest BCUT2D eigenvalue weighted by Gasteiger charge is 2.47. The number of aryl methyl sites for hydroxylation is 1. The summed E-state index contributed by atoms with van der Waals surface area (Å²) in [6.07, 6.45) is 5.76. The summed E-state index contributed by atoms with van der Waals surface area (Å²) in [6.45, 7) is 0.213. The van der Waals surface area contributed by atoms with Crippen LogP contribution in [-0.2, 0) is 20.8 Å². The summed E-state index contributed by atoms with van der Waals surface area (Å²) in [5.41, 5.74) is 2.48. The molecule has 3 amide bonds. The molecular formula is C20H24N2O3. The van der Waals surface area contributed by atoms with E-state index in [1.165, 1.54) is 16.0 Å². The number of nitrogens with one attached hydrogen (secondary N) is 1. The zero-order chi connectivity index (χ0) is 17.4. The SMILES string of the molecule is O=C(CCN1C(=O)C2CCCCC2C1=O)NC1CCc2ccccc21. The smallest absolute Gasteiger partial charge is 0.233 e. The van der Waals surface area contributed by atoms with Crippen LogP contribution in [0.15, 0.2) is 24.3 Å². The minimum atomic E-state index is -0.133. The largest absolute Gasteiger partial charge is 0.349 e.